The largest absolute Gasteiger partial charge is 0.0622 e. The first-order chi connectivity index (χ1) is 26.0. The van der Waals surface area contributed by atoms with E-state index in [1.165, 1.54) is 115 Å². The highest BCUT2D eigenvalue weighted by Gasteiger charge is 2.26. The smallest absolute Gasteiger partial charge is 0.000733 e. The van der Waals surface area contributed by atoms with E-state index in [4.69, 9.17) is 0 Å². The molecule has 10 aromatic rings. The summed E-state index contributed by atoms with van der Waals surface area (Å²) in [6.45, 7) is 6.75. The molecule has 0 radical (unpaired) electrons. The van der Waals surface area contributed by atoms with Crippen molar-refractivity contribution < 1.29 is 0 Å². The van der Waals surface area contributed by atoms with Crippen molar-refractivity contribution in [1.29, 1.82) is 0 Å². The molecule has 0 nitrogen and oxygen atoms in total. The van der Waals surface area contributed by atoms with Gasteiger partial charge in [0, 0.05) is 0 Å². The lowest BCUT2D eigenvalue weighted by atomic mass is 9.77. The maximum Gasteiger partial charge on any atom is -0.000733 e. The van der Waals surface area contributed by atoms with Gasteiger partial charge in [-0.15, -0.1) is 0 Å². The van der Waals surface area contributed by atoms with Crippen LogP contribution in [0.3, 0.4) is 0 Å². The Balaban J connectivity index is 1.53. The SMILES string of the molecule is Cc1ccc(-c2ccc3c4ccc(C)cc4c4c(-c5cccc6ccccc56)c(-c5ccccc5)c(C)c(-c5cccc6ccccc56)c4c3c2)cc1. The van der Waals surface area contributed by atoms with E-state index in [0.717, 1.165) is 0 Å². The van der Waals surface area contributed by atoms with Crippen LogP contribution in [0.5, 0.6) is 0 Å². The van der Waals surface area contributed by atoms with Crippen LogP contribution in [-0.2, 0) is 0 Å². The highest BCUT2D eigenvalue weighted by atomic mass is 14.3. The Labute approximate surface area is 310 Å². The van der Waals surface area contributed by atoms with Crippen LogP contribution >= 0.6 is 0 Å². The second-order valence-electron chi connectivity index (χ2n) is 14.6. The summed E-state index contributed by atoms with van der Waals surface area (Å²) < 4.78 is 0. The lowest BCUT2D eigenvalue weighted by Gasteiger charge is -2.26. The van der Waals surface area contributed by atoms with Gasteiger partial charge in [-0.1, -0.05) is 181 Å². The van der Waals surface area contributed by atoms with Crippen LogP contribution in [0.1, 0.15) is 16.7 Å². The molecular weight excluding hydrogens is 637 g/mol. The fourth-order valence-electron chi connectivity index (χ4n) is 8.88. The van der Waals surface area contributed by atoms with Gasteiger partial charge in [0.25, 0.3) is 0 Å². The molecule has 53 heavy (non-hydrogen) atoms. The topological polar surface area (TPSA) is 0 Å². The Hall–Kier alpha value is -6.50. The van der Waals surface area contributed by atoms with Crippen LogP contribution in [0, 0.1) is 20.8 Å². The monoisotopic (exact) mass is 674 g/mol. The molecule has 0 aromatic heterocycles. The van der Waals surface area contributed by atoms with E-state index in [0.29, 0.717) is 0 Å². The van der Waals surface area contributed by atoms with Gasteiger partial charge in [-0.05, 0) is 131 Å². The normalized spacial score (nSPS) is 11.7. The molecule has 0 fully saturated rings. The van der Waals surface area contributed by atoms with Gasteiger partial charge < -0.3 is 0 Å². The lowest BCUT2D eigenvalue weighted by molar-refractivity contribution is 1.47. The van der Waals surface area contributed by atoms with Crippen molar-refractivity contribution in [3.05, 3.63) is 193 Å². The van der Waals surface area contributed by atoms with E-state index in [-0.39, 0.29) is 0 Å². The van der Waals surface area contributed by atoms with E-state index in [2.05, 4.69) is 197 Å². The molecule has 0 heterocycles. The number of aryl methyl sites for hydroxylation is 2. The van der Waals surface area contributed by atoms with Crippen molar-refractivity contribution >= 4 is 53.9 Å². The molecule has 0 spiro atoms. The van der Waals surface area contributed by atoms with Crippen molar-refractivity contribution in [2.45, 2.75) is 20.8 Å². The molecule has 10 aromatic carbocycles. The third kappa shape index (κ3) is 4.98. The minimum absolute atomic E-state index is 1.23. The first kappa shape index (κ1) is 31.3. The van der Waals surface area contributed by atoms with Crippen LogP contribution in [0.15, 0.2) is 176 Å². The van der Waals surface area contributed by atoms with Crippen LogP contribution in [0.4, 0.5) is 0 Å². The van der Waals surface area contributed by atoms with Crippen molar-refractivity contribution in [2.75, 3.05) is 0 Å². The summed E-state index contributed by atoms with van der Waals surface area (Å²) >= 11 is 0. The Bertz CT molecular complexity index is 3040. The van der Waals surface area contributed by atoms with Crippen LogP contribution in [0.25, 0.3) is 98.4 Å². The molecule has 0 aliphatic rings. The summed E-state index contributed by atoms with van der Waals surface area (Å²) in [5.74, 6) is 0. The van der Waals surface area contributed by atoms with Gasteiger partial charge in [-0.3, -0.25) is 0 Å². The van der Waals surface area contributed by atoms with Crippen LogP contribution in [0.2, 0.25) is 0 Å². The zero-order valence-electron chi connectivity index (χ0n) is 30.2. The van der Waals surface area contributed by atoms with Gasteiger partial charge in [0.15, 0.2) is 0 Å². The van der Waals surface area contributed by atoms with E-state index >= 15 is 0 Å². The molecule has 0 aliphatic carbocycles. The number of benzene rings is 10. The Kier molecular flexibility index (Phi) is 7.27. The van der Waals surface area contributed by atoms with Gasteiger partial charge in [-0.25, -0.2) is 0 Å². The molecule has 0 aliphatic heterocycles. The standard InChI is InChI=1S/C53H38/c1-33-23-26-36(27-24-33)40-28-30-44-43-29-25-34(2)31-47(43)53-51(46-22-12-18-38-14-8-10-20-42(38)46)49(39-15-5-4-6-16-39)35(3)50(52(53)48(44)32-40)45-21-11-17-37-13-7-9-19-41(37)45/h4-32H,1-3H3. The zero-order chi connectivity index (χ0) is 35.6. The summed E-state index contributed by atoms with van der Waals surface area (Å²) in [5.41, 5.74) is 13.9. The summed E-state index contributed by atoms with van der Waals surface area (Å²) in [6.07, 6.45) is 0. The number of hydrogen-bond acceptors (Lipinski definition) is 0. The van der Waals surface area contributed by atoms with Gasteiger partial charge in [0.2, 0.25) is 0 Å². The average Bonchev–Trinajstić information content (AvgIpc) is 3.20. The third-order valence-electron chi connectivity index (χ3n) is 11.3. The maximum absolute atomic E-state index is 2.46. The van der Waals surface area contributed by atoms with E-state index in [1.807, 2.05) is 0 Å². The molecule has 10 rings (SSSR count). The average molecular weight is 675 g/mol. The van der Waals surface area contributed by atoms with Crippen molar-refractivity contribution in [3.63, 3.8) is 0 Å². The summed E-state index contributed by atoms with van der Waals surface area (Å²) in [6, 6.07) is 65.6. The second-order valence-corrected chi connectivity index (χ2v) is 14.6. The maximum atomic E-state index is 2.46. The quantitative estimate of drug-likeness (QED) is 0.163. The Morgan fingerprint density at radius 1 is 0.283 bits per heavy atom. The zero-order valence-corrected chi connectivity index (χ0v) is 30.2. The highest BCUT2D eigenvalue weighted by molar-refractivity contribution is 6.35. The van der Waals surface area contributed by atoms with E-state index in [1.54, 1.807) is 0 Å². The van der Waals surface area contributed by atoms with Crippen molar-refractivity contribution in [1.82, 2.24) is 0 Å². The van der Waals surface area contributed by atoms with Gasteiger partial charge in [0.1, 0.15) is 0 Å². The van der Waals surface area contributed by atoms with Crippen molar-refractivity contribution in [2.24, 2.45) is 0 Å². The first-order valence-corrected chi connectivity index (χ1v) is 18.6. The first-order valence-electron chi connectivity index (χ1n) is 18.6. The fraction of sp³-hybridized carbons (Fsp3) is 0.0566. The third-order valence-corrected chi connectivity index (χ3v) is 11.3. The van der Waals surface area contributed by atoms with Crippen molar-refractivity contribution in [3.8, 4) is 44.5 Å². The highest BCUT2D eigenvalue weighted by Crippen LogP contribution is 2.53. The van der Waals surface area contributed by atoms with Gasteiger partial charge in [0.05, 0.1) is 0 Å². The van der Waals surface area contributed by atoms with Crippen LogP contribution < -0.4 is 0 Å². The lowest BCUT2D eigenvalue weighted by Crippen LogP contribution is -1.99. The van der Waals surface area contributed by atoms with E-state index in [9.17, 15) is 0 Å². The molecule has 0 amide bonds. The number of hydrogen-bond donors (Lipinski definition) is 0. The molecule has 0 heteroatoms. The van der Waals surface area contributed by atoms with E-state index < -0.39 is 0 Å². The molecular formula is C53H38. The molecule has 250 valence electrons. The summed E-state index contributed by atoms with van der Waals surface area (Å²) in [4.78, 5) is 0. The fourth-order valence-corrected chi connectivity index (χ4v) is 8.88. The summed E-state index contributed by atoms with van der Waals surface area (Å²) in [5, 5.41) is 12.8. The Morgan fingerprint density at radius 3 is 1.47 bits per heavy atom. The minimum Gasteiger partial charge on any atom is -0.0622 e. The van der Waals surface area contributed by atoms with Crippen LogP contribution in [-0.4, -0.2) is 0 Å². The summed E-state index contributed by atoms with van der Waals surface area (Å²) in [7, 11) is 0. The number of rotatable bonds is 4. The minimum atomic E-state index is 1.23. The molecule has 0 unspecified atom stereocenters. The molecule has 0 saturated heterocycles. The molecule has 0 bridgehead atoms. The van der Waals surface area contributed by atoms with Gasteiger partial charge in [-0.2, -0.15) is 0 Å². The number of fused-ring (bicyclic) bond motifs is 8. The predicted octanol–water partition coefficient (Wildman–Crippen LogP) is 15.0. The Morgan fingerprint density at radius 2 is 0.792 bits per heavy atom. The second kappa shape index (κ2) is 12.3. The molecule has 0 N–H and O–H groups in total. The van der Waals surface area contributed by atoms with Gasteiger partial charge >= 0.3 is 0 Å². The molecule has 0 atom stereocenters. The predicted molar refractivity (Wildman–Crippen MR) is 230 cm³/mol. The molecule has 0 saturated carbocycles.